The van der Waals surface area contributed by atoms with Crippen LogP contribution in [-0.4, -0.2) is 10.2 Å². The second kappa shape index (κ2) is 7.62. The summed E-state index contributed by atoms with van der Waals surface area (Å²) < 4.78 is 5.35. The van der Waals surface area contributed by atoms with Crippen LogP contribution in [0.2, 0.25) is 0 Å². The maximum Gasteiger partial charge on any atom is 0.343 e. The van der Waals surface area contributed by atoms with Crippen molar-refractivity contribution in [3.8, 4) is 11.5 Å². The van der Waals surface area contributed by atoms with Gasteiger partial charge in [-0.15, -0.1) is 11.3 Å². The first-order valence-electron chi connectivity index (χ1n) is 10.1. The third kappa shape index (κ3) is 4.17. The van der Waals surface area contributed by atoms with Crippen LogP contribution < -0.4 is 5.63 Å². The maximum atomic E-state index is 12.8. The molecule has 3 rings (SSSR count). The number of thiophene rings is 1. The van der Waals surface area contributed by atoms with Crippen LogP contribution in [0.1, 0.15) is 80.4 Å². The van der Waals surface area contributed by atoms with Gasteiger partial charge in [-0.25, -0.2) is 4.79 Å². The fourth-order valence-corrected chi connectivity index (χ4v) is 4.63. The van der Waals surface area contributed by atoms with Crippen LogP contribution in [-0.2, 0) is 10.8 Å². The molecule has 0 spiro atoms. The van der Waals surface area contributed by atoms with Crippen molar-refractivity contribution in [2.24, 2.45) is 0 Å². The Balaban J connectivity index is 2.40. The lowest BCUT2D eigenvalue weighted by Gasteiger charge is -2.30. The molecule has 2 N–H and O–H groups in total. The molecule has 0 radical (unpaired) electrons. The summed E-state index contributed by atoms with van der Waals surface area (Å²) in [5.74, 6) is 0.0704. The molecule has 1 aromatic carbocycles. The largest absolute Gasteiger partial charge is 0.507 e. The van der Waals surface area contributed by atoms with Crippen molar-refractivity contribution in [3.63, 3.8) is 0 Å². The number of phenols is 1. The number of hydrogen-bond acceptors (Lipinski definition) is 5. The predicted octanol–water partition coefficient (Wildman–Crippen LogP) is 6.20. The molecule has 2 aromatic heterocycles. The Hall–Kier alpha value is -2.53. The monoisotopic (exact) mass is 426 g/mol. The smallest absolute Gasteiger partial charge is 0.343 e. The van der Waals surface area contributed by atoms with Crippen LogP contribution in [0.4, 0.5) is 0 Å². The maximum absolute atomic E-state index is 12.8. The zero-order valence-corrected chi connectivity index (χ0v) is 19.5. The van der Waals surface area contributed by atoms with E-state index >= 15 is 0 Å². The van der Waals surface area contributed by atoms with E-state index in [1.54, 1.807) is 6.92 Å². The van der Waals surface area contributed by atoms with E-state index in [2.05, 4.69) is 41.5 Å². The molecule has 5 heteroatoms. The second-order valence-electron chi connectivity index (χ2n) is 9.86. The van der Waals surface area contributed by atoms with Crippen LogP contribution in [0.25, 0.3) is 0 Å². The topological polar surface area (TPSA) is 70.7 Å². The third-order valence-corrected chi connectivity index (χ3v) is 6.22. The van der Waals surface area contributed by atoms with Gasteiger partial charge in [0.15, 0.2) is 0 Å². The highest BCUT2D eigenvalue weighted by atomic mass is 32.1. The van der Waals surface area contributed by atoms with Gasteiger partial charge in [0.05, 0.1) is 11.5 Å². The van der Waals surface area contributed by atoms with Crippen molar-refractivity contribution in [2.75, 3.05) is 0 Å². The Morgan fingerprint density at radius 1 is 0.967 bits per heavy atom. The van der Waals surface area contributed by atoms with Crippen LogP contribution in [0, 0.1) is 6.92 Å². The summed E-state index contributed by atoms with van der Waals surface area (Å²) in [6.07, 6.45) is 0. The molecule has 0 bridgehead atoms. The lowest BCUT2D eigenvalue weighted by Crippen LogP contribution is -2.20. The second-order valence-corrected chi connectivity index (χ2v) is 10.8. The number of aryl methyl sites for hydroxylation is 1. The molecular formula is C25H30O4S. The van der Waals surface area contributed by atoms with Gasteiger partial charge in [0.1, 0.15) is 17.3 Å². The molecule has 1 unspecified atom stereocenters. The Morgan fingerprint density at radius 2 is 1.53 bits per heavy atom. The van der Waals surface area contributed by atoms with E-state index < -0.39 is 11.5 Å². The molecule has 0 saturated carbocycles. The molecule has 4 nitrogen and oxygen atoms in total. The molecule has 0 fully saturated rings. The lowest BCUT2D eigenvalue weighted by molar-refractivity contribution is 0.419. The van der Waals surface area contributed by atoms with E-state index in [9.17, 15) is 15.0 Å². The highest BCUT2D eigenvalue weighted by molar-refractivity contribution is 7.10. The highest BCUT2D eigenvalue weighted by Gasteiger charge is 2.31. The predicted molar refractivity (Wildman–Crippen MR) is 122 cm³/mol. The van der Waals surface area contributed by atoms with Gasteiger partial charge in [-0.05, 0) is 45.9 Å². The Labute approximate surface area is 181 Å². The molecule has 30 heavy (non-hydrogen) atoms. The van der Waals surface area contributed by atoms with Crippen LogP contribution in [0.15, 0.2) is 44.9 Å². The summed E-state index contributed by atoms with van der Waals surface area (Å²) in [6, 6.07) is 9.26. The molecule has 0 aliphatic carbocycles. The van der Waals surface area contributed by atoms with Crippen LogP contribution in [0.3, 0.4) is 0 Å². The summed E-state index contributed by atoms with van der Waals surface area (Å²) in [7, 11) is 0. The van der Waals surface area contributed by atoms with E-state index in [1.807, 2.05) is 29.6 Å². The van der Waals surface area contributed by atoms with E-state index in [-0.39, 0.29) is 27.9 Å². The average Bonchev–Trinajstić information content (AvgIpc) is 3.10. The zero-order chi connectivity index (χ0) is 22.4. The molecule has 2 heterocycles. The number of benzene rings is 1. The van der Waals surface area contributed by atoms with Crippen molar-refractivity contribution in [3.05, 3.63) is 79.0 Å². The first-order valence-corrected chi connectivity index (χ1v) is 10.9. The molecule has 160 valence electrons. The van der Waals surface area contributed by atoms with Crippen molar-refractivity contribution < 1.29 is 14.6 Å². The first kappa shape index (κ1) is 22.2. The molecule has 3 aromatic rings. The third-order valence-electron chi connectivity index (χ3n) is 5.29. The van der Waals surface area contributed by atoms with E-state index in [4.69, 9.17) is 4.42 Å². The van der Waals surface area contributed by atoms with Gasteiger partial charge in [0.25, 0.3) is 0 Å². The Kier molecular flexibility index (Phi) is 5.63. The molecule has 0 aliphatic heterocycles. The van der Waals surface area contributed by atoms with Crippen LogP contribution in [0.5, 0.6) is 11.5 Å². The SMILES string of the molecule is Cc1cc(O)c(C(c2cc(C(C)(C)C)c(O)c(C(C)(C)C)c2)c2cccs2)c(=O)o1. The molecule has 0 amide bonds. The number of phenolic OH excluding ortho intramolecular Hbond substituents is 1. The highest BCUT2D eigenvalue weighted by Crippen LogP contribution is 2.44. The fourth-order valence-electron chi connectivity index (χ4n) is 3.77. The van der Waals surface area contributed by atoms with Gasteiger partial charge in [-0.2, -0.15) is 0 Å². The fraction of sp³-hybridized carbons (Fsp3) is 0.400. The van der Waals surface area contributed by atoms with Gasteiger partial charge in [-0.3, -0.25) is 0 Å². The van der Waals surface area contributed by atoms with Crippen molar-refractivity contribution in [1.82, 2.24) is 0 Å². The average molecular weight is 427 g/mol. The van der Waals surface area contributed by atoms with Gasteiger partial charge in [-0.1, -0.05) is 59.7 Å². The minimum absolute atomic E-state index is 0.0788. The number of hydrogen-bond donors (Lipinski definition) is 2. The minimum Gasteiger partial charge on any atom is -0.507 e. The van der Waals surface area contributed by atoms with Gasteiger partial charge >= 0.3 is 5.63 Å². The molecule has 0 saturated heterocycles. The van der Waals surface area contributed by atoms with Gasteiger partial charge < -0.3 is 14.6 Å². The Bertz CT molecular complexity index is 1070. The van der Waals surface area contributed by atoms with E-state index in [0.29, 0.717) is 5.76 Å². The molecule has 1 atom stereocenters. The standard InChI is InChI=1S/C25H30O4S/c1-14-11-18(26)21(23(28)29-14)20(19-9-8-10-30-19)15-12-16(24(2,3)4)22(27)17(13-15)25(5,6)7/h8-13,20,26-27H,1-7H3. The zero-order valence-electron chi connectivity index (χ0n) is 18.7. The summed E-state index contributed by atoms with van der Waals surface area (Å²) in [4.78, 5) is 13.8. The van der Waals surface area contributed by atoms with Crippen molar-refractivity contribution in [1.29, 1.82) is 0 Å². The van der Waals surface area contributed by atoms with Gasteiger partial charge in [0.2, 0.25) is 0 Å². The van der Waals surface area contributed by atoms with Crippen molar-refractivity contribution in [2.45, 2.75) is 65.2 Å². The van der Waals surface area contributed by atoms with E-state index in [1.165, 1.54) is 17.4 Å². The summed E-state index contributed by atoms with van der Waals surface area (Å²) in [5.41, 5.74) is 1.52. The Morgan fingerprint density at radius 3 is 1.97 bits per heavy atom. The number of rotatable bonds is 3. The quantitative estimate of drug-likeness (QED) is 0.523. The van der Waals surface area contributed by atoms with Crippen molar-refractivity contribution >= 4 is 11.3 Å². The van der Waals surface area contributed by atoms with E-state index in [0.717, 1.165) is 21.6 Å². The lowest BCUT2D eigenvalue weighted by atomic mass is 9.76. The molecule has 0 aliphatic rings. The summed E-state index contributed by atoms with van der Waals surface area (Å²) in [5, 5.41) is 23.7. The first-order chi connectivity index (χ1) is 13.8. The number of aromatic hydroxyl groups is 2. The summed E-state index contributed by atoms with van der Waals surface area (Å²) >= 11 is 1.52. The van der Waals surface area contributed by atoms with Gasteiger partial charge in [0, 0.05) is 10.9 Å². The normalized spacial score (nSPS) is 13.4. The molecular weight excluding hydrogens is 396 g/mol. The summed E-state index contributed by atoms with van der Waals surface area (Å²) in [6.45, 7) is 14.0. The minimum atomic E-state index is -0.548. The van der Waals surface area contributed by atoms with Crippen LogP contribution >= 0.6 is 11.3 Å².